The van der Waals surface area contributed by atoms with Crippen LogP contribution in [0.15, 0.2) is 63.4 Å². The number of aryl methyl sites for hydroxylation is 1. The Morgan fingerprint density at radius 2 is 1.97 bits per heavy atom. The van der Waals surface area contributed by atoms with Gasteiger partial charge in [0.25, 0.3) is 5.91 Å². The lowest BCUT2D eigenvalue weighted by molar-refractivity contribution is -0.113. The summed E-state index contributed by atoms with van der Waals surface area (Å²) in [6.07, 6.45) is 1.02. The van der Waals surface area contributed by atoms with Gasteiger partial charge in [0.05, 0.1) is 12.2 Å². The lowest BCUT2D eigenvalue weighted by atomic mass is 9.94. The molecule has 178 valence electrons. The summed E-state index contributed by atoms with van der Waals surface area (Å²) in [5.41, 5.74) is 3.99. The Kier molecular flexibility index (Phi) is 7.63. The number of rotatable bonds is 8. The first-order chi connectivity index (χ1) is 16.4. The number of nitrogens with zero attached hydrogens (tertiary/aromatic N) is 3. The van der Waals surface area contributed by atoms with Gasteiger partial charge < -0.3 is 15.4 Å². The third-order valence-corrected chi connectivity index (χ3v) is 6.93. The number of anilines is 2. The van der Waals surface area contributed by atoms with E-state index < -0.39 is 6.04 Å². The molecule has 2 N–H and O–H groups in total. The van der Waals surface area contributed by atoms with E-state index in [0.29, 0.717) is 29.0 Å². The number of ether oxygens (including phenoxy) is 1. The van der Waals surface area contributed by atoms with Gasteiger partial charge in [-0.05, 0) is 57.5 Å². The molecular weight excluding hydrogens is 514 g/mol. The normalized spacial score (nSPS) is 15.0. The van der Waals surface area contributed by atoms with Crippen molar-refractivity contribution in [3.63, 3.8) is 0 Å². The zero-order chi connectivity index (χ0) is 24.2. The van der Waals surface area contributed by atoms with Crippen LogP contribution in [0.2, 0.25) is 0 Å². The van der Waals surface area contributed by atoms with E-state index in [1.54, 1.807) is 16.4 Å². The van der Waals surface area contributed by atoms with Crippen LogP contribution in [0.5, 0.6) is 5.75 Å². The molecular formula is C25H28BrN5O2S. The summed E-state index contributed by atoms with van der Waals surface area (Å²) in [6.45, 7) is 8.49. The highest BCUT2D eigenvalue weighted by Gasteiger charge is 2.36. The van der Waals surface area contributed by atoms with Crippen molar-refractivity contribution in [3.8, 4) is 5.75 Å². The second kappa shape index (κ2) is 10.7. The predicted octanol–water partition coefficient (Wildman–Crippen LogP) is 6.18. The summed E-state index contributed by atoms with van der Waals surface area (Å²) >= 11 is 5.19. The quantitative estimate of drug-likeness (QED) is 0.331. The number of carbonyl (C=O) groups excluding carboxylic acids is 1. The van der Waals surface area contributed by atoms with Crippen LogP contribution in [-0.2, 0) is 4.79 Å². The average molecular weight is 543 g/mol. The molecule has 7 nitrogen and oxygen atoms in total. The van der Waals surface area contributed by atoms with Gasteiger partial charge in [-0.3, -0.25) is 4.79 Å². The Bertz CT molecular complexity index is 1220. The molecule has 4 rings (SSSR count). The van der Waals surface area contributed by atoms with Crippen LogP contribution >= 0.6 is 27.7 Å². The minimum Gasteiger partial charge on any atom is -0.494 e. The van der Waals surface area contributed by atoms with Crippen LogP contribution in [0.25, 0.3) is 0 Å². The Hall–Kier alpha value is -2.78. The number of benzene rings is 2. The average Bonchev–Trinajstić information content (AvgIpc) is 3.21. The zero-order valence-corrected chi connectivity index (χ0v) is 22.1. The van der Waals surface area contributed by atoms with E-state index in [9.17, 15) is 4.79 Å². The standard InChI is InChI=1S/C25H28BrN5O2S/c1-5-13-34-25-29-24-27-16(4)21(23(32)28-18-10-7-15(3)8-11-18)22(31(24)30-25)19-14-17(26)9-12-20(19)33-6-2/h7-12,14,22H,5-6,13H2,1-4H3,(H,28,32)(H,27,29,30). The number of halogens is 1. The third-order valence-electron chi connectivity index (χ3n) is 5.39. The number of hydrogen-bond donors (Lipinski definition) is 2. The van der Waals surface area contributed by atoms with Crippen molar-refractivity contribution in [2.45, 2.75) is 45.3 Å². The number of carbonyl (C=O) groups is 1. The Labute approximate surface area is 212 Å². The van der Waals surface area contributed by atoms with Crippen LogP contribution in [0.3, 0.4) is 0 Å². The fourth-order valence-electron chi connectivity index (χ4n) is 3.82. The summed E-state index contributed by atoms with van der Waals surface area (Å²) in [4.78, 5) is 18.3. The molecule has 0 radical (unpaired) electrons. The van der Waals surface area contributed by atoms with Gasteiger partial charge in [-0.15, -0.1) is 5.10 Å². The Morgan fingerprint density at radius 1 is 1.21 bits per heavy atom. The second-order valence-corrected chi connectivity index (χ2v) is 9.99. The van der Waals surface area contributed by atoms with Crippen LogP contribution < -0.4 is 15.4 Å². The van der Waals surface area contributed by atoms with Gasteiger partial charge in [0.2, 0.25) is 11.1 Å². The minimum absolute atomic E-state index is 0.204. The van der Waals surface area contributed by atoms with E-state index in [0.717, 1.165) is 39.2 Å². The number of allylic oxidation sites excluding steroid dienone is 1. The van der Waals surface area contributed by atoms with Gasteiger partial charge in [-0.2, -0.15) is 4.98 Å². The summed E-state index contributed by atoms with van der Waals surface area (Å²) < 4.78 is 8.65. The maximum Gasteiger partial charge on any atom is 0.255 e. The molecule has 0 saturated carbocycles. The molecule has 0 fully saturated rings. The fourth-order valence-corrected chi connectivity index (χ4v) is 4.89. The number of aromatic nitrogens is 3. The molecule has 2 aromatic carbocycles. The summed E-state index contributed by atoms with van der Waals surface area (Å²) in [5.74, 6) is 2.03. The van der Waals surface area contributed by atoms with Gasteiger partial charge >= 0.3 is 0 Å². The first kappa shape index (κ1) is 24.3. The number of amides is 1. The molecule has 0 spiro atoms. The molecule has 1 aliphatic heterocycles. The first-order valence-corrected chi connectivity index (χ1v) is 13.1. The highest BCUT2D eigenvalue weighted by molar-refractivity contribution is 9.10. The predicted molar refractivity (Wildman–Crippen MR) is 141 cm³/mol. The fraction of sp³-hybridized carbons (Fsp3) is 0.320. The molecule has 1 aromatic heterocycles. The molecule has 2 heterocycles. The second-order valence-electron chi connectivity index (χ2n) is 8.01. The Morgan fingerprint density at radius 3 is 2.68 bits per heavy atom. The minimum atomic E-state index is -0.510. The van der Waals surface area contributed by atoms with Gasteiger partial charge in [0, 0.05) is 27.2 Å². The number of hydrogen-bond acceptors (Lipinski definition) is 6. The topological polar surface area (TPSA) is 81.1 Å². The molecule has 34 heavy (non-hydrogen) atoms. The highest BCUT2D eigenvalue weighted by Crippen LogP contribution is 2.41. The van der Waals surface area contributed by atoms with E-state index in [1.807, 2.05) is 63.2 Å². The van der Waals surface area contributed by atoms with Crippen LogP contribution in [0.1, 0.15) is 44.4 Å². The van der Waals surface area contributed by atoms with E-state index in [2.05, 4.69) is 38.5 Å². The number of fused-ring (bicyclic) bond motifs is 1. The van der Waals surface area contributed by atoms with Gasteiger partial charge in [-0.25, -0.2) is 4.68 Å². The molecule has 3 aromatic rings. The lowest BCUT2D eigenvalue weighted by Crippen LogP contribution is -2.31. The molecule has 9 heteroatoms. The van der Waals surface area contributed by atoms with E-state index >= 15 is 0 Å². The molecule has 1 amide bonds. The zero-order valence-electron chi connectivity index (χ0n) is 19.7. The monoisotopic (exact) mass is 541 g/mol. The molecule has 1 aliphatic rings. The van der Waals surface area contributed by atoms with Crippen LogP contribution in [0.4, 0.5) is 11.6 Å². The van der Waals surface area contributed by atoms with E-state index in [4.69, 9.17) is 9.84 Å². The maximum absolute atomic E-state index is 13.7. The summed E-state index contributed by atoms with van der Waals surface area (Å²) in [5, 5.41) is 11.8. The van der Waals surface area contributed by atoms with Crippen molar-refractivity contribution in [1.29, 1.82) is 0 Å². The number of nitrogens with one attached hydrogen (secondary N) is 2. The van der Waals surface area contributed by atoms with Crippen molar-refractivity contribution < 1.29 is 9.53 Å². The molecule has 1 unspecified atom stereocenters. The molecule has 0 bridgehead atoms. The van der Waals surface area contributed by atoms with Crippen molar-refractivity contribution in [2.75, 3.05) is 23.0 Å². The molecule has 1 atom stereocenters. The van der Waals surface area contributed by atoms with Crippen LogP contribution in [0, 0.1) is 6.92 Å². The maximum atomic E-state index is 13.7. The SMILES string of the molecule is CCCSc1nc2n(n1)C(c1cc(Br)ccc1OCC)C(C(=O)Nc1ccc(C)cc1)=C(C)N2. The Balaban J connectivity index is 1.82. The molecule has 0 aliphatic carbocycles. The van der Waals surface area contributed by atoms with E-state index in [1.165, 1.54) is 0 Å². The van der Waals surface area contributed by atoms with Crippen molar-refractivity contribution >= 4 is 45.2 Å². The van der Waals surface area contributed by atoms with Crippen molar-refractivity contribution in [2.24, 2.45) is 0 Å². The van der Waals surface area contributed by atoms with Crippen molar-refractivity contribution in [3.05, 3.63) is 69.3 Å². The van der Waals surface area contributed by atoms with Crippen LogP contribution in [-0.4, -0.2) is 33.0 Å². The lowest BCUT2D eigenvalue weighted by Gasteiger charge is -2.29. The third kappa shape index (κ3) is 5.15. The number of thioether (sulfide) groups is 1. The summed E-state index contributed by atoms with van der Waals surface area (Å²) in [7, 11) is 0. The largest absolute Gasteiger partial charge is 0.494 e. The summed E-state index contributed by atoms with van der Waals surface area (Å²) in [6, 6.07) is 13.1. The first-order valence-electron chi connectivity index (χ1n) is 11.3. The van der Waals surface area contributed by atoms with Crippen molar-refractivity contribution in [1.82, 2.24) is 14.8 Å². The van der Waals surface area contributed by atoms with E-state index in [-0.39, 0.29) is 5.91 Å². The van der Waals surface area contributed by atoms with Gasteiger partial charge in [0.1, 0.15) is 11.8 Å². The highest BCUT2D eigenvalue weighted by atomic mass is 79.9. The smallest absolute Gasteiger partial charge is 0.255 e. The van der Waals surface area contributed by atoms with Gasteiger partial charge in [0.15, 0.2) is 0 Å². The molecule has 0 saturated heterocycles. The van der Waals surface area contributed by atoms with Gasteiger partial charge in [-0.1, -0.05) is 52.3 Å².